The number of fused-ring (bicyclic) bond motifs is 16. The van der Waals surface area contributed by atoms with Crippen LogP contribution >= 0.6 is 34.0 Å². The lowest BCUT2D eigenvalue weighted by Crippen LogP contribution is -2.02. The van der Waals surface area contributed by atoms with E-state index in [0.29, 0.717) is 46.7 Å². The van der Waals surface area contributed by atoms with Crippen molar-refractivity contribution in [3.63, 3.8) is 0 Å². The Labute approximate surface area is 431 Å². The summed E-state index contributed by atoms with van der Waals surface area (Å²) >= 11 is 5.17. The molecule has 8 heterocycles. The maximum Gasteiger partial charge on any atom is 0.166 e. The monoisotopic (exact) mass is 986 g/mol. The number of rotatable bonds is 6. The highest BCUT2D eigenvalue weighted by atomic mass is 32.1. The van der Waals surface area contributed by atoms with E-state index < -0.39 is 0 Å². The largest absolute Gasteiger partial charge is 0.208 e. The highest BCUT2D eigenvalue weighted by Gasteiger charge is 2.39. The molecule has 0 atom stereocenters. The first kappa shape index (κ1) is 41.8. The van der Waals surface area contributed by atoms with Crippen molar-refractivity contribution in [2.45, 2.75) is 0 Å². The minimum atomic E-state index is 0.512. The van der Waals surface area contributed by atoms with Crippen molar-refractivity contribution in [2.24, 2.45) is 39.9 Å². The quantitative estimate of drug-likeness (QED) is 0.159. The second kappa shape index (κ2) is 16.8. The van der Waals surface area contributed by atoms with Crippen molar-refractivity contribution in [1.82, 2.24) is 0 Å². The fourth-order valence-corrected chi connectivity index (χ4v) is 14.0. The van der Waals surface area contributed by atoms with Crippen LogP contribution in [0, 0.1) is 0 Å². The van der Waals surface area contributed by atoms with Crippen molar-refractivity contribution >= 4 is 80.7 Å². The molecule has 73 heavy (non-hydrogen) atoms. The van der Waals surface area contributed by atoms with Gasteiger partial charge in [0.05, 0.1) is 0 Å². The molecular formula is C62H34N8S3. The molecular weight excluding hydrogens is 953 g/mol. The van der Waals surface area contributed by atoms with Gasteiger partial charge in [0.15, 0.2) is 46.7 Å². The van der Waals surface area contributed by atoms with Gasteiger partial charge in [-0.2, -0.15) is 0 Å². The Morgan fingerprint density at radius 1 is 0.178 bits per heavy atom. The summed E-state index contributed by atoms with van der Waals surface area (Å²) in [6.45, 7) is 0. The van der Waals surface area contributed by atoms with E-state index in [1.807, 2.05) is 48.5 Å². The molecule has 0 saturated heterocycles. The van der Waals surface area contributed by atoms with Crippen LogP contribution in [0.3, 0.4) is 0 Å². The van der Waals surface area contributed by atoms with E-state index in [1.54, 1.807) is 34.0 Å². The Kier molecular flexibility index (Phi) is 9.62. The number of hydrogen-bond donors (Lipinski definition) is 0. The van der Waals surface area contributed by atoms with Crippen LogP contribution < -0.4 is 0 Å². The number of aliphatic imine (C=N–C) groups is 8. The number of benzene rings is 7. The molecule has 15 rings (SSSR count). The van der Waals surface area contributed by atoms with Gasteiger partial charge in [0.25, 0.3) is 0 Å². The van der Waals surface area contributed by atoms with Crippen molar-refractivity contribution in [3.05, 3.63) is 251 Å². The molecule has 8 nitrogen and oxygen atoms in total. The molecule has 3 aromatic heterocycles. The third-order valence-corrected chi connectivity index (χ3v) is 17.2. The summed E-state index contributed by atoms with van der Waals surface area (Å²) in [6, 6.07) is 71.1. The van der Waals surface area contributed by atoms with Crippen LogP contribution in [0.15, 0.2) is 246 Å². The van der Waals surface area contributed by atoms with E-state index in [1.165, 1.54) is 0 Å². The second-order valence-electron chi connectivity index (χ2n) is 17.8. The lowest BCUT2D eigenvalue weighted by atomic mass is 10.0. The highest BCUT2D eigenvalue weighted by Crippen LogP contribution is 2.50. The van der Waals surface area contributed by atoms with Crippen molar-refractivity contribution < 1.29 is 0 Å². The third-order valence-electron chi connectivity index (χ3n) is 13.4. The van der Waals surface area contributed by atoms with Crippen LogP contribution in [-0.4, -0.2) is 46.7 Å². The number of amidine groups is 8. The van der Waals surface area contributed by atoms with Gasteiger partial charge < -0.3 is 0 Å². The van der Waals surface area contributed by atoms with E-state index in [4.69, 9.17) is 39.9 Å². The standard InChI is InChI=1S/C62H34N8S3/c1-7-21-35(22-8-1)49-43-45(51(71-49)37-25-11-3-12-26-37)59-66-57(43)64-55-41-33-19-20-34-42(41)56(63-55)65-58-44-46(52(38-27-13-4-14-28-38)72-50(44)36-23-9-2-10-24-36)60(67-58)69-62-48-47(61(68-59)70-62)53(39-29-15-5-16-30-39)73-54(48)40-31-17-6-18-32-40/h1-34H. The lowest BCUT2D eigenvalue weighted by molar-refractivity contribution is 1.49. The Bertz CT molecular complexity index is 4200. The van der Waals surface area contributed by atoms with E-state index in [-0.39, 0.29) is 0 Å². The molecule has 10 aromatic rings. The van der Waals surface area contributed by atoms with Gasteiger partial charge in [-0.05, 0) is 33.4 Å². The van der Waals surface area contributed by atoms with Gasteiger partial charge in [-0.3, -0.25) is 0 Å². The molecule has 8 bridgehead atoms. The Morgan fingerprint density at radius 3 is 0.562 bits per heavy atom. The van der Waals surface area contributed by atoms with Crippen LogP contribution in [0.5, 0.6) is 0 Å². The molecule has 0 spiro atoms. The van der Waals surface area contributed by atoms with Crippen LogP contribution in [0.4, 0.5) is 0 Å². The fraction of sp³-hybridized carbons (Fsp3) is 0. The molecule has 340 valence electrons. The molecule has 7 aromatic carbocycles. The van der Waals surface area contributed by atoms with Gasteiger partial charge in [-0.25, -0.2) is 39.9 Å². The van der Waals surface area contributed by atoms with Gasteiger partial charge in [-0.1, -0.05) is 206 Å². The minimum absolute atomic E-state index is 0.512. The van der Waals surface area contributed by atoms with Gasteiger partial charge in [-0.15, -0.1) is 34.0 Å². The fourth-order valence-electron chi connectivity index (χ4n) is 10.1. The summed E-state index contributed by atoms with van der Waals surface area (Å²) < 4.78 is 0. The highest BCUT2D eigenvalue weighted by molar-refractivity contribution is 7.21. The zero-order chi connectivity index (χ0) is 48.0. The normalized spacial score (nSPS) is 14.7. The zero-order valence-corrected chi connectivity index (χ0v) is 40.9. The first-order chi connectivity index (χ1) is 36.2. The second-order valence-corrected chi connectivity index (χ2v) is 20.8. The Hall–Kier alpha value is -9.00. The molecule has 0 N–H and O–H groups in total. The van der Waals surface area contributed by atoms with Gasteiger partial charge >= 0.3 is 0 Å². The van der Waals surface area contributed by atoms with Crippen molar-refractivity contribution in [2.75, 3.05) is 0 Å². The molecule has 5 aliphatic rings. The molecule has 11 heteroatoms. The zero-order valence-electron chi connectivity index (χ0n) is 38.4. The maximum absolute atomic E-state index is 5.66. The SMILES string of the molecule is c1ccc(-c2sc(-c3ccccc3)c3c2C2=NC4=NC(=NC5=NC(=NC6=NC(=NC3=N2)c2c(-c3ccccc3)sc(-c3ccccc3)c26)c2c(-c3ccccc3)sc(-c3ccccc3)c25)c2ccccc24)cc1. The van der Waals surface area contributed by atoms with Crippen molar-refractivity contribution in [3.8, 4) is 62.6 Å². The molecule has 0 fully saturated rings. The van der Waals surface area contributed by atoms with E-state index in [0.717, 1.165) is 107 Å². The maximum atomic E-state index is 5.66. The average molecular weight is 987 g/mol. The summed E-state index contributed by atoms with van der Waals surface area (Å²) in [5.74, 6) is 4.13. The summed E-state index contributed by atoms with van der Waals surface area (Å²) in [7, 11) is 0. The van der Waals surface area contributed by atoms with Crippen LogP contribution in [0.1, 0.15) is 44.5 Å². The summed E-state index contributed by atoms with van der Waals surface area (Å²) in [5.41, 5.74) is 13.5. The van der Waals surface area contributed by atoms with Crippen LogP contribution in [0.2, 0.25) is 0 Å². The lowest BCUT2D eigenvalue weighted by Gasteiger charge is -2.04. The number of nitrogens with zero attached hydrogens (tertiary/aromatic N) is 8. The predicted molar refractivity (Wildman–Crippen MR) is 304 cm³/mol. The van der Waals surface area contributed by atoms with Gasteiger partial charge in [0, 0.05) is 73.8 Å². The number of thiophene rings is 3. The van der Waals surface area contributed by atoms with E-state index >= 15 is 0 Å². The Balaban J connectivity index is 1.08. The van der Waals surface area contributed by atoms with Crippen LogP contribution in [-0.2, 0) is 0 Å². The van der Waals surface area contributed by atoms with Crippen LogP contribution in [0.25, 0.3) is 62.6 Å². The van der Waals surface area contributed by atoms with Gasteiger partial charge in [0.1, 0.15) is 0 Å². The average Bonchev–Trinajstić information content (AvgIpc) is 4.34. The minimum Gasteiger partial charge on any atom is -0.208 e. The van der Waals surface area contributed by atoms with Crippen molar-refractivity contribution in [1.29, 1.82) is 0 Å². The molecule has 0 aliphatic carbocycles. The first-order valence-electron chi connectivity index (χ1n) is 23.8. The molecule has 0 radical (unpaired) electrons. The predicted octanol–water partition coefficient (Wildman–Crippen LogP) is 15.0. The smallest absolute Gasteiger partial charge is 0.166 e. The van der Waals surface area contributed by atoms with Gasteiger partial charge in [0.2, 0.25) is 0 Å². The molecule has 0 amide bonds. The number of hydrogen-bond acceptors (Lipinski definition) is 11. The van der Waals surface area contributed by atoms with E-state index in [2.05, 4.69) is 158 Å². The topological polar surface area (TPSA) is 98.9 Å². The summed E-state index contributed by atoms with van der Waals surface area (Å²) in [5, 5.41) is 0. The third kappa shape index (κ3) is 6.78. The summed E-state index contributed by atoms with van der Waals surface area (Å²) in [4.78, 5) is 50.3. The molecule has 0 unspecified atom stereocenters. The van der Waals surface area contributed by atoms with E-state index in [9.17, 15) is 0 Å². The summed E-state index contributed by atoms with van der Waals surface area (Å²) in [6.07, 6.45) is 0. The Morgan fingerprint density at radius 2 is 0.342 bits per heavy atom. The molecule has 5 aliphatic heterocycles. The first-order valence-corrected chi connectivity index (χ1v) is 26.3. The molecule has 0 saturated carbocycles.